The summed E-state index contributed by atoms with van der Waals surface area (Å²) in [6.07, 6.45) is 2.41. The zero-order chi connectivity index (χ0) is 18.5. The highest BCUT2D eigenvalue weighted by Gasteiger charge is 2.20. The van der Waals surface area contributed by atoms with E-state index in [9.17, 15) is 9.18 Å². The van der Waals surface area contributed by atoms with Crippen LogP contribution in [0.25, 0.3) is 0 Å². The summed E-state index contributed by atoms with van der Waals surface area (Å²) in [6.45, 7) is 4.32. The molecule has 7 heteroatoms. The second-order valence-corrected chi connectivity index (χ2v) is 5.65. The minimum Gasteiger partial charge on any atom is -0.492 e. The number of hydrogen-bond donors (Lipinski definition) is 0. The van der Waals surface area contributed by atoms with E-state index in [4.69, 9.17) is 9.47 Å². The van der Waals surface area contributed by atoms with Crippen molar-refractivity contribution < 1.29 is 18.7 Å². The molecule has 0 radical (unpaired) electrons. The monoisotopic (exact) mass is 355 g/mol. The second kappa shape index (κ2) is 7.77. The number of pyridine rings is 1. The number of nitrogens with zero attached hydrogens (tertiary/aromatic N) is 3. The van der Waals surface area contributed by atoms with Gasteiger partial charge in [0.2, 0.25) is 5.88 Å². The van der Waals surface area contributed by atoms with Crippen LogP contribution in [0.3, 0.4) is 0 Å². The summed E-state index contributed by atoms with van der Waals surface area (Å²) in [5, 5.41) is 4.36. The molecule has 0 saturated heterocycles. The van der Waals surface area contributed by atoms with Gasteiger partial charge in [0.05, 0.1) is 12.2 Å². The molecular formula is C19H18FN3O3. The molecule has 0 atom stereocenters. The molecule has 3 rings (SSSR count). The average molecular weight is 355 g/mol. The Balaban J connectivity index is 1.73. The number of rotatable bonds is 6. The van der Waals surface area contributed by atoms with Gasteiger partial charge < -0.3 is 9.47 Å². The number of para-hydroxylation sites is 1. The van der Waals surface area contributed by atoms with Gasteiger partial charge in [-0.2, -0.15) is 5.10 Å². The normalized spacial score (nSPS) is 10.6. The van der Waals surface area contributed by atoms with Crippen molar-refractivity contribution in [1.29, 1.82) is 0 Å². The quantitative estimate of drug-likeness (QED) is 0.635. The van der Waals surface area contributed by atoms with Gasteiger partial charge in [0, 0.05) is 18.0 Å². The third-order valence-electron chi connectivity index (χ3n) is 3.86. The lowest BCUT2D eigenvalue weighted by Crippen LogP contribution is -2.17. The molecule has 0 aliphatic heterocycles. The molecule has 2 aromatic heterocycles. The lowest BCUT2D eigenvalue weighted by atomic mass is 10.2. The number of aromatic nitrogens is 3. The van der Waals surface area contributed by atoms with E-state index in [2.05, 4.69) is 10.1 Å². The molecule has 0 fully saturated rings. The molecule has 1 aromatic carbocycles. The van der Waals surface area contributed by atoms with Crippen LogP contribution in [0, 0.1) is 19.7 Å². The Morgan fingerprint density at radius 2 is 1.96 bits per heavy atom. The third kappa shape index (κ3) is 3.88. The van der Waals surface area contributed by atoms with Crippen LogP contribution in [0.1, 0.15) is 21.6 Å². The van der Waals surface area contributed by atoms with Crippen molar-refractivity contribution >= 4 is 5.97 Å². The van der Waals surface area contributed by atoms with Crippen molar-refractivity contribution in [3.05, 3.63) is 71.4 Å². The molecular weight excluding hydrogens is 337 g/mol. The number of hydrogen-bond acceptors (Lipinski definition) is 5. The van der Waals surface area contributed by atoms with Crippen LogP contribution >= 0.6 is 0 Å². The van der Waals surface area contributed by atoms with Gasteiger partial charge in [-0.3, -0.25) is 4.98 Å². The Hall–Kier alpha value is -3.22. The van der Waals surface area contributed by atoms with Crippen LogP contribution < -0.4 is 9.47 Å². The van der Waals surface area contributed by atoms with Crippen LogP contribution in [-0.2, 0) is 6.54 Å². The highest BCUT2D eigenvalue weighted by Crippen LogP contribution is 2.23. The Kier molecular flexibility index (Phi) is 5.26. The molecule has 134 valence electrons. The van der Waals surface area contributed by atoms with E-state index in [-0.39, 0.29) is 11.4 Å². The summed E-state index contributed by atoms with van der Waals surface area (Å²) in [7, 11) is 0. The molecule has 0 aliphatic carbocycles. The van der Waals surface area contributed by atoms with Gasteiger partial charge in [-0.25, -0.2) is 13.9 Å². The molecule has 0 bridgehead atoms. The van der Waals surface area contributed by atoms with Crippen molar-refractivity contribution in [2.24, 2.45) is 0 Å². The third-order valence-corrected chi connectivity index (χ3v) is 3.86. The van der Waals surface area contributed by atoms with Crippen LogP contribution in [-0.4, -0.2) is 27.3 Å². The predicted molar refractivity (Wildman–Crippen MR) is 92.8 cm³/mol. The first kappa shape index (κ1) is 17.6. The maximum atomic E-state index is 13.8. The summed E-state index contributed by atoms with van der Waals surface area (Å²) in [4.78, 5) is 16.0. The van der Waals surface area contributed by atoms with Crippen molar-refractivity contribution in [2.75, 3.05) is 6.61 Å². The Morgan fingerprint density at radius 3 is 2.69 bits per heavy atom. The summed E-state index contributed by atoms with van der Waals surface area (Å²) < 4.78 is 26.3. The minimum absolute atomic E-state index is 0.224. The van der Waals surface area contributed by atoms with Crippen LogP contribution in [0.4, 0.5) is 4.39 Å². The summed E-state index contributed by atoms with van der Waals surface area (Å²) in [5.41, 5.74) is 1.21. The van der Waals surface area contributed by atoms with Gasteiger partial charge in [-0.05, 0) is 32.0 Å². The van der Waals surface area contributed by atoms with E-state index in [1.807, 2.05) is 37.3 Å². The number of esters is 1. The highest BCUT2D eigenvalue weighted by atomic mass is 19.1. The summed E-state index contributed by atoms with van der Waals surface area (Å²) in [6, 6.07) is 10.5. The SMILES string of the molecule is Cc1nn(CCOc2ccccc2)c(OC(=O)c2cnccc2F)c1C. The number of ether oxygens (including phenoxy) is 2. The molecule has 0 aliphatic rings. The van der Waals surface area contributed by atoms with E-state index >= 15 is 0 Å². The predicted octanol–water partition coefficient (Wildman–Crippen LogP) is 3.33. The second-order valence-electron chi connectivity index (χ2n) is 5.65. The van der Waals surface area contributed by atoms with Crippen molar-refractivity contribution in [3.8, 4) is 11.6 Å². The lowest BCUT2D eigenvalue weighted by Gasteiger charge is -2.10. The first-order valence-corrected chi connectivity index (χ1v) is 8.10. The van der Waals surface area contributed by atoms with Crippen molar-refractivity contribution in [1.82, 2.24) is 14.8 Å². The smallest absolute Gasteiger partial charge is 0.349 e. The topological polar surface area (TPSA) is 66.2 Å². The molecule has 0 unspecified atom stereocenters. The van der Waals surface area contributed by atoms with Gasteiger partial charge in [0.25, 0.3) is 0 Å². The van der Waals surface area contributed by atoms with Gasteiger partial charge in [-0.15, -0.1) is 0 Å². The standard InChI is InChI=1S/C19H18FN3O3/c1-13-14(2)22-23(10-11-25-15-6-4-3-5-7-15)18(13)26-19(24)16-12-21-9-8-17(16)20/h3-9,12H,10-11H2,1-2H3. The van der Waals surface area contributed by atoms with Gasteiger partial charge in [0.15, 0.2) is 0 Å². The first-order valence-electron chi connectivity index (χ1n) is 8.10. The fourth-order valence-electron chi connectivity index (χ4n) is 2.37. The molecule has 6 nitrogen and oxygen atoms in total. The first-order chi connectivity index (χ1) is 12.6. The van der Waals surface area contributed by atoms with E-state index in [1.165, 1.54) is 6.20 Å². The Bertz CT molecular complexity index is 910. The molecule has 3 aromatic rings. The number of carbonyl (C=O) groups is 1. The van der Waals surface area contributed by atoms with E-state index in [0.717, 1.165) is 23.7 Å². The fraction of sp³-hybridized carbons (Fsp3) is 0.211. The molecule has 2 heterocycles. The molecule has 0 saturated carbocycles. The largest absolute Gasteiger partial charge is 0.492 e. The van der Waals surface area contributed by atoms with Gasteiger partial charge in [0.1, 0.15) is 23.7 Å². The lowest BCUT2D eigenvalue weighted by molar-refractivity contribution is 0.0709. The van der Waals surface area contributed by atoms with Crippen molar-refractivity contribution in [2.45, 2.75) is 20.4 Å². The Morgan fingerprint density at radius 1 is 1.19 bits per heavy atom. The van der Waals surface area contributed by atoms with Crippen LogP contribution in [0.5, 0.6) is 11.6 Å². The molecule has 0 spiro atoms. The zero-order valence-electron chi connectivity index (χ0n) is 14.5. The van der Waals surface area contributed by atoms with Crippen molar-refractivity contribution in [3.63, 3.8) is 0 Å². The number of aryl methyl sites for hydroxylation is 1. The Labute approximate surface area is 150 Å². The van der Waals surface area contributed by atoms with Crippen LogP contribution in [0.2, 0.25) is 0 Å². The zero-order valence-corrected chi connectivity index (χ0v) is 14.5. The molecule has 26 heavy (non-hydrogen) atoms. The maximum Gasteiger partial charge on any atom is 0.349 e. The molecule has 0 N–H and O–H groups in total. The van der Waals surface area contributed by atoms with Gasteiger partial charge in [-0.1, -0.05) is 18.2 Å². The number of benzene rings is 1. The number of halogens is 1. The minimum atomic E-state index is -0.816. The summed E-state index contributed by atoms with van der Waals surface area (Å²) >= 11 is 0. The fourth-order valence-corrected chi connectivity index (χ4v) is 2.37. The summed E-state index contributed by atoms with van der Waals surface area (Å²) in [5.74, 6) is -0.488. The maximum absolute atomic E-state index is 13.8. The molecule has 0 amide bonds. The average Bonchev–Trinajstić information content (AvgIpc) is 2.90. The van der Waals surface area contributed by atoms with Crippen LogP contribution in [0.15, 0.2) is 48.8 Å². The number of carbonyl (C=O) groups excluding carboxylic acids is 1. The van der Waals surface area contributed by atoms with E-state index in [1.54, 1.807) is 11.6 Å². The van der Waals surface area contributed by atoms with E-state index < -0.39 is 11.8 Å². The highest BCUT2D eigenvalue weighted by molar-refractivity contribution is 5.90. The van der Waals surface area contributed by atoms with E-state index in [0.29, 0.717) is 18.7 Å². The van der Waals surface area contributed by atoms with Gasteiger partial charge >= 0.3 is 5.97 Å².